The quantitative estimate of drug-likeness (QED) is 0.889. The molecule has 2 heterocycles. The van der Waals surface area contributed by atoms with Crippen molar-refractivity contribution in [1.29, 1.82) is 0 Å². The lowest BCUT2D eigenvalue weighted by Gasteiger charge is -2.32. The molecule has 24 heavy (non-hydrogen) atoms. The fourth-order valence-corrected chi connectivity index (χ4v) is 3.30. The molecule has 1 aromatic heterocycles. The van der Waals surface area contributed by atoms with E-state index in [4.69, 9.17) is 0 Å². The Bertz CT molecular complexity index is 684. The van der Waals surface area contributed by atoms with Gasteiger partial charge in [0.1, 0.15) is 5.69 Å². The van der Waals surface area contributed by atoms with Gasteiger partial charge in [0.25, 0.3) is 5.91 Å². The monoisotopic (exact) mass is 324 g/mol. The van der Waals surface area contributed by atoms with Gasteiger partial charge in [-0.1, -0.05) is 30.3 Å². The molecule has 0 radical (unpaired) electrons. The molecule has 4 rings (SSSR count). The molecular weight excluding hydrogens is 300 g/mol. The van der Waals surface area contributed by atoms with Crippen LogP contribution in [0.4, 0.5) is 0 Å². The number of benzene rings is 1. The van der Waals surface area contributed by atoms with Crippen molar-refractivity contribution in [2.24, 2.45) is 5.92 Å². The van der Waals surface area contributed by atoms with Crippen molar-refractivity contribution in [2.45, 2.75) is 31.7 Å². The highest BCUT2D eigenvalue weighted by molar-refractivity contribution is 5.93. The van der Waals surface area contributed by atoms with Gasteiger partial charge >= 0.3 is 0 Å². The Kier molecular flexibility index (Phi) is 4.34. The van der Waals surface area contributed by atoms with Gasteiger partial charge in [-0.15, -0.1) is 0 Å². The zero-order valence-corrected chi connectivity index (χ0v) is 13.9. The molecule has 0 unspecified atom stereocenters. The second-order valence-electron chi connectivity index (χ2n) is 6.95. The number of amides is 1. The number of nitrogens with zero attached hydrogens (tertiary/aromatic N) is 2. The maximum absolute atomic E-state index is 12.7. The summed E-state index contributed by atoms with van der Waals surface area (Å²) in [7, 11) is 0. The van der Waals surface area contributed by atoms with Gasteiger partial charge in [-0.3, -0.25) is 9.89 Å². The Hall–Kier alpha value is -2.14. The van der Waals surface area contributed by atoms with Crippen LogP contribution in [0.3, 0.4) is 0 Å². The molecule has 2 aromatic rings. The van der Waals surface area contributed by atoms with E-state index in [2.05, 4.69) is 15.5 Å². The Morgan fingerprint density at radius 2 is 1.92 bits per heavy atom. The van der Waals surface area contributed by atoms with Gasteiger partial charge in [-0.2, -0.15) is 5.10 Å². The molecule has 0 atom stereocenters. The molecule has 0 spiro atoms. The van der Waals surface area contributed by atoms with E-state index in [0.29, 0.717) is 11.7 Å². The number of hydrogen-bond acceptors (Lipinski definition) is 3. The summed E-state index contributed by atoms with van der Waals surface area (Å²) in [5.41, 5.74) is 2.42. The van der Waals surface area contributed by atoms with Gasteiger partial charge in [0.05, 0.1) is 5.69 Å². The van der Waals surface area contributed by atoms with Crippen molar-refractivity contribution in [3.05, 3.63) is 42.1 Å². The van der Waals surface area contributed by atoms with Gasteiger partial charge in [0.15, 0.2) is 0 Å². The van der Waals surface area contributed by atoms with E-state index < -0.39 is 0 Å². The minimum absolute atomic E-state index is 0.0605. The highest BCUT2D eigenvalue weighted by Gasteiger charge is 2.27. The normalized spacial score (nSPS) is 18.8. The number of aromatic amines is 1. The Morgan fingerprint density at radius 1 is 1.17 bits per heavy atom. The van der Waals surface area contributed by atoms with Crippen LogP contribution in [0.2, 0.25) is 0 Å². The van der Waals surface area contributed by atoms with Crippen molar-refractivity contribution in [2.75, 3.05) is 19.6 Å². The zero-order valence-electron chi connectivity index (χ0n) is 13.9. The number of nitrogens with one attached hydrogen (secondary N) is 2. The minimum Gasteiger partial charge on any atom is -0.337 e. The van der Waals surface area contributed by atoms with Crippen molar-refractivity contribution >= 4 is 5.91 Å². The number of hydrogen-bond donors (Lipinski definition) is 2. The van der Waals surface area contributed by atoms with Gasteiger partial charge in [-0.05, 0) is 44.2 Å². The average Bonchev–Trinajstić information content (AvgIpc) is 3.34. The Morgan fingerprint density at radius 3 is 2.62 bits per heavy atom. The molecule has 2 N–H and O–H groups in total. The molecule has 1 aliphatic heterocycles. The molecule has 1 saturated carbocycles. The van der Waals surface area contributed by atoms with Crippen LogP contribution >= 0.6 is 0 Å². The van der Waals surface area contributed by atoms with Crippen molar-refractivity contribution < 1.29 is 4.79 Å². The number of rotatable bonds is 5. The van der Waals surface area contributed by atoms with E-state index in [1.807, 2.05) is 41.3 Å². The molecule has 1 aliphatic carbocycles. The summed E-state index contributed by atoms with van der Waals surface area (Å²) >= 11 is 0. The van der Waals surface area contributed by atoms with Gasteiger partial charge < -0.3 is 10.2 Å². The smallest absolute Gasteiger partial charge is 0.271 e. The second-order valence-corrected chi connectivity index (χ2v) is 6.95. The van der Waals surface area contributed by atoms with E-state index >= 15 is 0 Å². The van der Waals surface area contributed by atoms with E-state index in [1.165, 1.54) is 12.8 Å². The van der Waals surface area contributed by atoms with E-state index in [9.17, 15) is 4.79 Å². The van der Waals surface area contributed by atoms with Gasteiger partial charge in [0.2, 0.25) is 0 Å². The summed E-state index contributed by atoms with van der Waals surface area (Å²) in [6.07, 6.45) is 4.85. The Labute approximate surface area is 142 Å². The topological polar surface area (TPSA) is 61.0 Å². The van der Waals surface area contributed by atoms with E-state index in [0.717, 1.165) is 49.7 Å². The third-order valence-electron chi connectivity index (χ3n) is 5.05. The molecule has 1 saturated heterocycles. The number of likely N-dealkylation sites (tertiary alicyclic amines) is 1. The largest absolute Gasteiger partial charge is 0.337 e. The first kappa shape index (κ1) is 15.4. The van der Waals surface area contributed by atoms with Crippen molar-refractivity contribution in [1.82, 2.24) is 20.4 Å². The summed E-state index contributed by atoms with van der Waals surface area (Å²) in [6, 6.07) is 12.4. The molecule has 2 fully saturated rings. The first-order chi connectivity index (χ1) is 11.8. The molecule has 1 amide bonds. The van der Waals surface area contributed by atoms with Crippen LogP contribution in [-0.4, -0.2) is 46.7 Å². The minimum atomic E-state index is 0.0605. The number of carbonyl (C=O) groups is 1. The summed E-state index contributed by atoms with van der Waals surface area (Å²) in [5.74, 6) is 0.969. The Balaban J connectivity index is 1.34. The number of carbonyl (C=O) groups excluding carboxylic acids is 1. The predicted octanol–water partition coefficient (Wildman–Crippen LogP) is 2.68. The van der Waals surface area contributed by atoms with Crippen LogP contribution in [0.15, 0.2) is 36.4 Å². The molecule has 2 aliphatic rings. The molecule has 126 valence electrons. The van der Waals surface area contributed by atoms with Gasteiger partial charge in [-0.25, -0.2) is 0 Å². The maximum Gasteiger partial charge on any atom is 0.271 e. The zero-order chi connectivity index (χ0) is 16.4. The molecule has 1 aromatic carbocycles. The van der Waals surface area contributed by atoms with E-state index in [1.54, 1.807) is 0 Å². The lowest BCUT2D eigenvalue weighted by atomic mass is 10.0. The molecular formula is C19H24N4O. The highest BCUT2D eigenvalue weighted by atomic mass is 16.2. The van der Waals surface area contributed by atoms with E-state index in [-0.39, 0.29) is 5.91 Å². The molecule has 5 heteroatoms. The van der Waals surface area contributed by atoms with Crippen molar-refractivity contribution in [3.63, 3.8) is 0 Å². The fourth-order valence-electron chi connectivity index (χ4n) is 3.30. The summed E-state index contributed by atoms with van der Waals surface area (Å²) in [4.78, 5) is 14.6. The number of aromatic nitrogens is 2. The van der Waals surface area contributed by atoms with Crippen LogP contribution in [0, 0.1) is 5.92 Å². The first-order valence-electron chi connectivity index (χ1n) is 8.93. The predicted molar refractivity (Wildman–Crippen MR) is 93.7 cm³/mol. The van der Waals surface area contributed by atoms with Crippen LogP contribution in [-0.2, 0) is 0 Å². The maximum atomic E-state index is 12.7. The van der Waals surface area contributed by atoms with Crippen LogP contribution in [0.5, 0.6) is 0 Å². The third kappa shape index (κ3) is 3.51. The van der Waals surface area contributed by atoms with Gasteiger partial charge in [0, 0.05) is 24.7 Å². The van der Waals surface area contributed by atoms with Crippen LogP contribution in [0.1, 0.15) is 36.2 Å². The molecule has 5 nitrogen and oxygen atoms in total. The summed E-state index contributed by atoms with van der Waals surface area (Å²) in [6.45, 7) is 2.79. The lowest BCUT2D eigenvalue weighted by molar-refractivity contribution is 0.0699. The van der Waals surface area contributed by atoms with Crippen molar-refractivity contribution in [3.8, 4) is 11.3 Å². The summed E-state index contributed by atoms with van der Waals surface area (Å²) < 4.78 is 0. The standard InChI is InChI=1S/C19H24N4O/c24-19(18-12-17(21-22-18)15-4-2-1-3-5-15)23-10-8-16(9-11-23)20-13-14-6-7-14/h1-5,12,14,16,20H,6-11,13H2,(H,21,22). The number of piperidine rings is 1. The lowest BCUT2D eigenvalue weighted by Crippen LogP contribution is -2.45. The fraction of sp³-hybridized carbons (Fsp3) is 0.474. The average molecular weight is 324 g/mol. The highest BCUT2D eigenvalue weighted by Crippen LogP contribution is 2.28. The summed E-state index contributed by atoms with van der Waals surface area (Å²) in [5, 5.41) is 10.8. The van der Waals surface area contributed by atoms with Crippen LogP contribution < -0.4 is 5.32 Å². The first-order valence-corrected chi connectivity index (χ1v) is 8.93. The third-order valence-corrected chi connectivity index (χ3v) is 5.05. The second kappa shape index (κ2) is 6.77. The number of H-pyrrole nitrogens is 1. The molecule has 0 bridgehead atoms. The van der Waals surface area contributed by atoms with Crippen LogP contribution in [0.25, 0.3) is 11.3 Å². The SMILES string of the molecule is O=C(c1cc(-c2ccccc2)n[nH]1)N1CCC(NCC2CC2)CC1.